The summed E-state index contributed by atoms with van der Waals surface area (Å²) in [7, 11) is 1.57. The average Bonchev–Trinajstić information content (AvgIpc) is 2.72. The monoisotopic (exact) mass is 376 g/mol. The van der Waals surface area contributed by atoms with Crippen molar-refractivity contribution >= 4 is 21.8 Å². The van der Waals surface area contributed by atoms with Gasteiger partial charge in [-0.2, -0.15) is 0 Å². The van der Waals surface area contributed by atoms with Gasteiger partial charge in [0.1, 0.15) is 18.1 Å². The number of aliphatic hydroxyl groups is 1. The first-order valence-corrected chi connectivity index (χ1v) is 8.94. The van der Waals surface area contributed by atoms with Gasteiger partial charge in [-0.25, -0.2) is 4.98 Å². The van der Waals surface area contributed by atoms with E-state index in [9.17, 15) is 0 Å². The average molecular weight is 376 g/mol. The number of hydrogen-bond acceptors (Lipinski definition) is 6. The summed E-state index contributed by atoms with van der Waals surface area (Å²) in [5, 5.41) is 10.8. The number of aliphatic hydroxyl groups excluding tert-OH is 1. The number of fused-ring (bicyclic) bond motifs is 2. The summed E-state index contributed by atoms with van der Waals surface area (Å²) in [4.78, 5) is 9.03. The zero-order valence-electron chi connectivity index (χ0n) is 15.7. The van der Waals surface area contributed by atoms with E-state index in [2.05, 4.69) is 9.97 Å². The van der Waals surface area contributed by atoms with Crippen LogP contribution in [-0.4, -0.2) is 35.4 Å². The second-order valence-corrected chi connectivity index (χ2v) is 6.27. The van der Waals surface area contributed by atoms with Gasteiger partial charge < -0.3 is 19.3 Å². The highest BCUT2D eigenvalue weighted by molar-refractivity contribution is 5.88. The van der Waals surface area contributed by atoms with Crippen LogP contribution in [0, 0.1) is 6.92 Å². The zero-order chi connectivity index (χ0) is 19.5. The van der Waals surface area contributed by atoms with Crippen LogP contribution in [0.3, 0.4) is 0 Å². The number of hydrogen-bond donors (Lipinski definition) is 1. The fourth-order valence-electron chi connectivity index (χ4n) is 3.06. The fourth-order valence-corrected chi connectivity index (χ4v) is 3.06. The molecule has 0 atom stereocenters. The predicted molar refractivity (Wildman–Crippen MR) is 107 cm³/mol. The van der Waals surface area contributed by atoms with Crippen LogP contribution in [0.1, 0.15) is 5.69 Å². The number of ether oxygens (including phenoxy) is 3. The Hall–Kier alpha value is -3.38. The molecule has 0 aliphatic heterocycles. The third-order valence-electron chi connectivity index (χ3n) is 4.42. The Morgan fingerprint density at radius 3 is 2.61 bits per heavy atom. The van der Waals surface area contributed by atoms with Crippen LogP contribution < -0.4 is 14.2 Å². The van der Waals surface area contributed by atoms with Gasteiger partial charge in [0.25, 0.3) is 0 Å². The Labute approximate surface area is 162 Å². The minimum Gasteiger partial charge on any atom is -0.493 e. The summed E-state index contributed by atoms with van der Waals surface area (Å²) in [5.74, 6) is 2.41. The van der Waals surface area contributed by atoms with Crippen molar-refractivity contribution < 1.29 is 19.3 Å². The van der Waals surface area contributed by atoms with Gasteiger partial charge in [-0.1, -0.05) is 18.2 Å². The number of methoxy groups -OCH3 is 1. The van der Waals surface area contributed by atoms with Gasteiger partial charge in [-0.3, -0.25) is 4.98 Å². The molecule has 0 aliphatic carbocycles. The Morgan fingerprint density at radius 1 is 0.929 bits per heavy atom. The molecule has 0 amide bonds. The number of aromatic nitrogens is 2. The highest BCUT2D eigenvalue weighted by Crippen LogP contribution is 2.37. The Kier molecular flexibility index (Phi) is 4.95. The minimum absolute atomic E-state index is 0.0774. The topological polar surface area (TPSA) is 73.7 Å². The van der Waals surface area contributed by atoms with Crippen LogP contribution in [-0.2, 0) is 0 Å². The maximum absolute atomic E-state index is 9.01. The van der Waals surface area contributed by atoms with Crippen molar-refractivity contribution in [3.63, 3.8) is 0 Å². The van der Waals surface area contributed by atoms with Crippen molar-refractivity contribution in [3.8, 4) is 23.0 Å². The molecular formula is C22H20N2O4. The largest absolute Gasteiger partial charge is 0.493 e. The molecule has 28 heavy (non-hydrogen) atoms. The molecule has 6 nitrogen and oxygen atoms in total. The maximum Gasteiger partial charge on any atom is 0.163 e. The highest BCUT2D eigenvalue weighted by Gasteiger charge is 2.13. The molecule has 0 fully saturated rings. The summed E-state index contributed by atoms with van der Waals surface area (Å²) in [6, 6.07) is 15.3. The van der Waals surface area contributed by atoms with E-state index in [0.717, 1.165) is 22.0 Å². The Morgan fingerprint density at radius 2 is 1.79 bits per heavy atom. The van der Waals surface area contributed by atoms with Crippen molar-refractivity contribution in [2.75, 3.05) is 20.3 Å². The molecule has 0 unspecified atom stereocenters. The van der Waals surface area contributed by atoms with E-state index >= 15 is 0 Å². The number of pyridine rings is 2. The molecule has 4 rings (SSSR count). The third-order valence-corrected chi connectivity index (χ3v) is 4.42. The van der Waals surface area contributed by atoms with Crippen molar-refractivity contribution in [1.82, 2.24) is 9.97 Å². The van der Waals surface area contributed by atoms with Gasteiger partial charge in [0.15, 0.2) is 11.5 Å². The second-order valence-electron chi connectivity index (χ2n) is 6.27. The van der Waals surface area contributed by atoms with Crippen LogP contribution >= 0.6 is 0 Å². The molecule has 0 spiro atoms. The first-order chi connectivity index (χ1) is 13.7. The molecule has 1 N–H and O–H groups in total. The molecule has 2 heterocycles. The van der Waals surface area contributed by atoms with Crippen molar-refractivity contribution in [3.05, 3.63) is 60.4 Å². The van der Waals surface area contributed by atoms with Crippen molar-refractivity contribution in [2.45, 2.75) is 6.92 Å². The number of benzene rings is 2. The molecule has 0 aliphatic rings. The standard InChI is InChI=1S/C22H20N2O4/c1-14-20(11-15-5-3-4-6-17(15)24-14)28-19-7-8-23-18-13-22(27-10-9-25)21(26-2)12-16(18)19/h3-8,11-13,25H,9-10H2,1-2H3. The van der Waals surface area contributed by atoms with E-state index in [-0.39, 0.29) is 13.2 Å². The lowest BCUT2D eigenvalue weighted by atomic mass is 10.1. The second kappa shape index (κ2) is 7.70. The van der Waals surface area contributed by atoms with Gasteiger partial charge in [0, 0.05) is 23.0 Å². The maximum atomic E-state index is 9.01. The minimum atomic E-state index is -0.0774. The fraction of sp³-hybridized carbons (Fsp3) is 0.182. The van der Waals surface area contributed by atoms with E-state index in [1.54, 1.807) is 19.4 Å². The lowest BCUT2D eigenvalue weighted by molar-refractivity contribution is 0.196. The number of para-hydroxylation sites is 1. The van der Waals surface area contributed by atoms with Crippen LogP contribution in [0.2, 0.25) is 0 Å². The summed E-state index contributed by atoms with van der Waals surface area (Å²) < 4.78 is 17.2. The Bertz CT molecular complexity index is 1140. The van der Waals surface area contributed by atoms with E-state index in [1.165, 1.54) is 0 Å². The van der Waals surface area contributed by atoms with Crippen LogP contribution in [0.5, 0.6) is 23.0 Å². The molecule has 4 aromatic rings. The van der Waals surface area contributed by atoms with Gasteiger partial charge in [-0.05, 0) is 31.2 Å². The molecular weight excluding hydrogens is 356 g/mol. The van der Waals surface area contributed by atoms with Gasteiger partial charge in [0.05, 0.1) is 30.4 Å². The van der Waals surface area contributed by atoms with E-state index in [1.807, 2.05) is 49.4 Å². The number of rotatable bonds is 6. The predicted octanol–water partition coefficient (Wildman–Crippen LogP) is 4.26. The molecule has 6 heteroatoms. The third kappa shape index (κ3) is 3.42. The summed E-state index contributed by atoms with van der Waals surface area (Å²) >= 11 is 0. The lowest BCUT2D eigenvalue weighted by Gasteiger charge is -2.14. The normalized spacial score (nSPS) is 11.0. The quantitative estimate of drug-likeness (QED) is 0.542. The van der Waals surface area contributed by atoms with Gasteiger partial charge in [0.2, 0.25) is 0 Å². The molecule has 0 saturated heterocycles. The summed E-state index contributed by atoms with van der Waals surface area (Å²) in [6.45, 7) is 2.03. The van der Waals surface area contributed by atoms with E-state index in [0.29, 0.717) is 28.5 Å². The van der Waals surface area contributed by atoms with Crippen LogP contribution in [0.15, 0.2) is 54.7 Å². The SMILES string of the molecule is COc1cc2c(Oc3cc4ccccc4nc3C)ccnc2cc1OCCO. The van der Waals surface area contributed by atoms with Gasteiger partial charge >= 0.3 is 0 Å². The zero-order valence-corrected chi connectivity index (χ0v) is 15.7. The number of nitrogens with zero attached hydrogens (tertiary/aromatic N) is 2. The summed E-state index contributed by atoms with van der Waals surface area (Å²) in [6.07, 6.45) is 1.68. The van der Waals surface area contributed by atoms with E-state index in [4.69, 9.17) is 19.3 Å². The highest BCUT2D eigenvalue weighted by atomic mass is 16.5. The van der Waals surface area contributed by atoms with E-state index < -0.39 is 0 Å². The molecule has 0 bridgehead atoms. The molecule has 2 aromatic carbocycles. The van der Waals surface area contributed by atoms with Crippen molar-refractivity contribution in [2.24, 2.45) is 0 Å². The first kappa shape index (κ1) is 18.0. The molecule has 142 valence electrons. The molecule has 2 aromatic heterocycles. The molecule has 0 saturated carbocycles. The van der Waals surface area contributed by atoms with Gasteiger partial charge in [-0.15, -0.1) is 0 Å². The Balaban J connectivity index is 1.77. The molecule has 0 radical (unpaired) electrons. The first-order valence-electron chi connectivity index (χ1n) is 8.94. The van der Waals surface area contributed by atoms with Crippen LogP contribution in [0.25, 0.3) is 21.8 Å². The smallest absolute Gasteiger partial charge is 0.163 e. The summed E-state index contributed by atoms with van der Waals surface area (Å²) in [5.41, 5.74) is 2.44. The number of aryl methyl sites for hydroxylation is 1. The van der Waals surface area contributed by atoms with Crippen molar-refractivity contribution in [1.29, 1.82) is 0 Å². The lowest BCUT2D eigenvalue weighted by Crippen LogP contribution is -2.03. The van der Waals surface area contributed by atoms with Crippen LogP contribution in [0.4, 0.5) is 0 Å².